The minimum atomic E-state index is 0.349. The molecule has 1 aromatic heterocycles. The van der Waals surface area contributed by atoms with Crippen molar-refractivity contribution in [2.45, 2.75) is 26.5 Å². The van der Waals surface area contributed by atoms with Gasteiger partial charge in [-0.15, -0.1) is 11.3 Å². The van der Waals surface area contributed by atoms with Crippen LogP contribution in [0.25, 0.3) is 0 Å². The molecule has 2 nitrogen and oxygen atoms in total. The summed E-state index contributed by atoms with van der Waals surface area (Å²) in [6.45, 7) is 5.86. The molecule has 1 aromatic carbocycles. The zero-order chi connectivity index (χ0) is 13.7. The summed E-state index contributed by atoms with van der Waals surface area (Å²) in [6, 6.07) is 10.7. The van der Waals surface area contributed by atoms with Crippen molar-refractivity contribution in [1.29, 1.82) is 0 Å². The topological polar surface area (TPSA) is 21.3 Å². The second-order valence-electron chi connectivity index (χ2n) is 4.33. The van der Waals surface area contributed by atoms with Gasteiger partial charge in [-0.3, -0.25) is 0 Å². The van der Waals surface area contributed by atoms with Gasteiger partial charge in [-0.05, 0) is 58.5 Å². The molecular weight excluding hydrogens is 322 g/mol. The minimum absolute atomic E-state index is 0.349. The standard InChI is InChI=1S/C15H18BrNOS/c1-3-17-11(2)12-5-4-6-13(9-12)18-10-15-14(16)7-8-19-15/h4-9,11,17H,3,10H2,1-2H3. The van der Waals surface area contributed by atoms with Crippen LogP contribution < -0.4 is 10.1 Å². The van der Waals surface area contributed by atoms with Crippen molar-refractivity contribution < 1.29 is 4.74 Å². The lowest BCUT2D eigenvalue weighted by Gasteiger charge is -2.14. The third-order valence-electron chi connectivity index (χ3n) is 2.93. The van der Waals surface area contributed by atoms with E-state index in [2.05, 4.69) is 52.6 Å². The molecule has 1 unspecified atom stereocenters. The number of halogens is 1. The SMILES string of the molecule is CCNC(C)c1cccc(OCc2sccc2Br)c1. The molecule has 1 heterocycles. The first-order valence-electron chi connectivity index (χ1n) is 6.38. The highest BCUT2D eigenvalue weighted by molar-refractivity contribution is 9.10. The summed E-state index contributed by atoms with van der Waals surface area (Å²) in [4.78, 5) is 1.21. The van der Waals surface area contributed by atoms with E-state index in [-0.39, 0.29) is 0 Å². The normalized spacial score (nSPS) is 12.4. The van der Waals surface area contributed by atoms with Crippen LogP contribution in [0.1, 0.15) is 30.3 Å². The third-order valence-corrected chi connectivity index (χ3v) is 4.83. The van der Waals surface area contributed by atoms with E-state index in [1.165, 1.54) is 10.4 Å². The summed E-state index contributed by atoms with van der Waals surface area (Å²) >= 11 is 5.22. The van der Waals surface area contributed by atoms with Crippen LogP contribution in [-0.4, -0.2) is 6.54 Å². The molecule has 0 aliphatic carbocycles. The fourth-order valence-corrected chi connectivity index (χ4v) is 3.25. The summed E-state index contributed by atoms with van der Waals surface area (Å²) in [5, 5.41) is 5.47. The molecule has 2 aromatic rings. The van der Waals surface area contributed by atoms with Crippen LogP contribution in [0, 0.1) is 0 Å². The van der Waals surface area contributed by atoms with Crippen LogP contribution in [0.4, 0.5) is 0 Å². The summed E-state index contributed by atoms with van der Waals surface area (Å²) < 4.78 is 6.97. The highest BCUT2D eigenvalue weighted by atomic mass is 79.9. The Morgan fingerprint density at radius 2 is 2.21 bits per heavy atom. The van der Waals surface area contributed by atoms with Gasteiger partial charge in [0.15, 0.2) is 0 Å². The molecule has 102 valence electrons. The lowest BCUT2D eigenvalue weighted by atomic mass is 10.1. The van der Waals surface area contributed by atoms with Crippen molar-refractivity contribution in [2.24, 2.45) is 0 Å². The minimum Gasteiger partial charge on any atom is -0.488 e. The van der Waals surface area contributed by atoms with Gasteiger partial charge in [-0.2, -0.15) is 0 Å². The molecule has 0 fully saturated rings. The molecule has 0 amide bonds. The quantitative estimate of drug-likeness (QED) is 0.819. The Balaban J connectivity index is 2.01. The summed E-state index contributed by atoms with van der Waals surface area (Å²) in [5.41, 5.74) is 1.25. The van der Waals surface area contributed by atoms with Crippen LogP contribution in [-0.2, 0) is 6.61 Å². The van der Waals surface area contributed by atoms with E-state index < -0.39 is 0 Å². The first kappa shape index (κ1) is 14.6. The van der Waals surface area contributed by atoms with Crippen molar-refractivity contribution in [3.05, 3.63) is 50.6 Å². The summed E-state index contributed by atoms with van der Waals surface area (Å²) in [7, 11) is 0. The zero-order valence-electron chi connectivity index (χ0n) is 11.2. The Morgan fingerprint density at radius 3 is 2.89 bits per heavy atom. The smallest absolute Gasteiger partial charge is 0.124 e. The van der Waals surface area contributed by atoms with E-state index in [9.17, 15) is 0 Å². The predicted octanol–water partition coefficient (Wildman–Crippen LogP) is 4.76. The molecule has 0 radical (unpaired) electrons. The maximum atomic E-state index is 5.85. The van der Waals surface area contributed by atoms with Crippen LogP contribution in [0.5, 0.6) is 5.75 Å². The third kappa shape index (κ3) is 4.06. The van der Waals surface area contributed by atoms with Crippen molar-refractivity contribution in [2.75, 3.05) is 6.54 Å². The number of hydrogen-bond acceptors (Lipinski definition) is 3. The van der Waals surface area contributed by atoms with E-state index in [0.717, 1.165) is 16.8 Å². The van der Waals surface area contributed by atoms with Crippen molar-refractivity contribution in [1.82, 2.24) is 5.32 Å². The average Bonchev–Trinajstić information content (AvgIpc) is 2.82. The van der Waals surface area contributed by atoms with Gasteiger partial charge in [0.1, 0.15) is 12.4 Å². The van der Waals surface area contributed by atoms with E-state index in [4.69, 9.17) is 4.74 Å². The monoisotopic (exact) mass is 339 g/mol. The number of hydrogen-bond donors (Lipinski definition) is 1. The predicted molar refractivity (Wildman–Crippen MR) is 84.9 cm³/mol. The molecular formula is C15H18BrNOS. The van der Waals surface area contributed by atoms with E-state index in [1.54, 1.807) is 11.3 Å². The number of nitrogens with one attached hydrogen (secondary N) is 1. The van der Waals surface area contributed by atoms with Crippen LogP contribution in [0.3, 0.4) is 0 Å². The fourth-order valence-electron chi connectivity index (χ4n) is 1.87. The summed E-state index contributed by atoms with van der Waals surface area (Å²) in [6.07, 6.45) is 0. The second kappa shape index (κ2) is 7.08. The van der Waals surface area contributed by atoms with Gasteiger partial charge in [0.05, 0.1) is 4.88 Å². The van der Waals surface area contributed by atoms with Crippen molar-refractivity contribution in [3.63, 3.8) is 0 Å². The molecule has 19 heavy (non-hydrogen) atoms. The Morgan fingerprint density at radius 1 is 1.37 bits per heavy atom. The van der Waals surface area contributed by atoms with Crippen LogP contribution in [0.15, 0.2) is 40.2 Å². The Kier molecular flexibility index (Phi) is 5.43. The zero-order valence-corrected chi connectivity index (χ0v) is 13.6. The fraction of sp³-hybridized carbons (Fsp3) is 0.333. The molecule has 0 aliphatic heterocycles. The van der Waals surface area contributed by atoms with E-state index in [1.807, 2.05) is 18.2 Å². The molecule has 0 aliphatic rings. The number of ether oxygens (including phenoxy) is 1. The molecule has 4 heteroatoms. The highest BCUT2D eigenvalue weighted by Crippen LogP contribution is 2.25. The largest absolute Gasteiger partial charge is 0.488 e. The van der Waals surface area contributed by atoms with Crippen molar-refractivity contribution in [3.8, 4) is 5.75 Å². The Hall–Kier alpha value is -0.840. The van der Waals surface area contributed by atoms with Gasteiger partial charge in [-0.25, -0.2) is 0 Å². The van der Waals surface area contributed by atoms with Crippen molar-refractivity contribution >= 4 is 27.3 Å². The maximum absolute atomic E-state index is 5.85. The van der Waals surface area contributed by atoms with Gasteiger partial charge in [0, 0.05) is 10.5 Å². The highest BCUT2D eigenvalue weighted by Gasteiger charge is 2.06. The first-order chi connectivity index (χ1) is 9.20. The Bertz CT molecular complexity index is 526. The lowest BCUT2D eigenvalue weighted by Crippen LogP contribution is -2.17. The first-order valence-corrected chi connectivity index (χ1v) is 8.06. The average molecular weight is 340 g/mol. The summed E-state index contributed by atoms with van der Waals surface area (Å²) in [5.74, 6) is 0.919. The molecule has 0 saturated heterocycles. The number of rotatable bonds is 6. The molecule has 0 bridgehead atoms. The van der Waals surface area contributed by atoms with Crippen LogP contribution in [0.2, 0.25) is 0 Å². The van der Waals surface area contributed by atoms with Gasteiger partial charge in [0.25, 0.3) is 0 Å². The van der Waals surface area contributed by atoms with E-state index >= 15 is 0 Å². The van der Waals surface area contributed by atoms with Gasteiger partial charge in [0.2, 0.25) is 0 Å². The van der Waals surface area contributed by atoms with Gasteiger partial charge in [-0.1, -0.05) is 19.1 Å². The number of benzene rings is 1. The maximum Gasteiger partial charge on any atom is 0.124 e. The molecule has 1 atom stereocenters. The molecule has 1 N–H and O–H groups in total. The Labute approximate surface area is 126 Å². The second-order valence-corrected chi connectivity index (χ2v) is 6.19. The van der Waals surface area contributed by atoms with Gasteiger partial charge >= 0.3 is 0 Å². The number of thiophene rings is 1. The molecule has 2 rings (SSSR count). The molecule has 0 saturated carbocycles. The van der Waals surface area contributed by atoms with E-state index in [0.29, 0.717) is 12.6 Å². The van der Waals surface area contributed by atoms with Gasteiger partial charge < -0.3 is 10.1 Å². The lowest BCUT2D eigenvalue weighted by molar-refractivity contribution is 0.308. The molecule has 0 spiro atoms. The van der Waals surface area contributed by atoms with Crippen LogP contribution >= 0.6 is 27.3 Å².